The van der Waals surface area contributed by atoms with E-state index in [2.05, 4.69) is 46.8 Å². The number of carbonyl (C=O) groups is 1. The van der Waals surface area contributed by atoms with E-state index >= 15 is 0 Å². The maximum absolute atomic E-state index is 12.5. The van der Waals surface area contributed by atoms with Crippen LogP contribution >= 0.6 is 0 Å². The van der Waals surface area contributed by atoms with Gasteiger partial charge in [0.2, 0.25) is 0 Å². The van der Waals surface area contributed by atoms with E-state index in [0.29, 0.717) is 17.8 Å². The van der Waals surface area contributed by atoms with E-state index in [1.165, 1.54) is 12.8 Å². The standard InChI is InChI=1S/C31H50O5/c1-19(9-8-13-26(2,3)36-7)20-12-14-28(5)21-10-11-22-29(6,25(34)35)23(32)17-24(33)31(22)18-30(21,31)16-15-27(20,28)4/h8,13,19-24,32-33H,9-12,14-18H2,1-7H3,(H,34,35). The average molecular weight is 503 g/mol. The molecular formula is C31H50O5. The molecule has 0 aromatic rings. The molecule has 0 heterocycles. The van der Waals surface area contributed by atoms with Crippen molar-refractivity contribution in [1.29, 1.82) is 0 Å². The third-order valence-electron chi connectivity index (χ3n) is 13.6. The average Bonchev–Trinajstić information content (AvgIpc) is 3.42. The normalized spacial score (nSPS) is 52.8. The molecule has 5 rings (SSSR count). The molecule has 0 aromatic carbocycles. The minimum absolute atomic E-state index is 0.0426. The quantitative estimate of drug-likeness (QED) is 0.398. The minimum atomic E-state index is -1.16. The lowest BCUT2D eigenvalue weighted by atomic mass is 9.41. The van der Waals surface area contributed by atoms with Gasteiger partial charge in [-0.15, -0.1) is 0 Å². The summed E-state index contributed by atoms with van der Waals surface area (Å²) in [5.41, 5.74) is -1.21. The van der Waals surface area contributed by atoms with Crippen molar-refractivity contribution < 1.29 is 24.9 Å². The van der Waals surface area contributed by atoms with Crippen LogP contribution in [0.3, 0.4) is 0 Å². The summed E-state index contributed by atoms with van der Waals surface area (Å²) in [5.74, 6) is 0.770. The van der Waals surface area contributed by atoms with Crippen LogP contribution < -0.4 is 0 Å². The highest BCUT2D eigenvalue weighted by molar-refractivity contribution is 5.76. The molecule has 5 nitrogen and oxygen atoms in total. The fourth-order valence-corrected chi connectivity index (χ4v) is 11.1. The Morgan fingerprint density at radius 2 is 1.69 bits per heavy atom. The molecular weight excluding hydrogens is 452 g/mol. The van der Waals surface area contributed by atoms with Gasteiger partial charge in [0.05, 0.1) is 23.2 Å². The van der Waals surface area contributed by atoms with Crippen molar-refractivity contribution in [2.75, 3.05) is 7.11 Å². The summed E-state index contributed by atoms with van der Waals surface area (Å²) in [6.07, 6.45) is 11.7. The van der Waals surface area contributed by atoms with Crippen LogP contribution in [0.1, 0.15) is 99.3 Å². The lowest BCUT2D eigenvalue weighted by Gasteiger charge is -2.63. The minimum Gasteiger partial charge on any atom is -0.481 e. The summed E-state index contributed by atoms with van der Waals surface area (Å²) in [4.78, 5) is 12.5. The predicted octanol–water partition coefficient (Wildman–Crippen LogP) is 5.83. The van der Waals surface area contributed by atoms with Gasteiger partial charge in [-0.3, -0.25) is 4.79 Å². The van der Waals surface area contributed by atoms with Crippen molar-refractivity contribution in [2.45, 2.75) is 117 Å². The molecule has 5 saturated carbocycles. The van der Waals surface area contributed by atoms with E-state index in [1.807, 2.05) is 0 Å². The zero-order chi connectivity index (χ0) is 26.5. The number of ether oxygens (including phenoxy) is 1. The Morgan fingerprint density at radius 1 is 1.03 bits per heavy atom. The smallest absolute Gasteiger partial charge is 0.312 e. The Morgan fingerprint density at radius 3 is 2.33 bits per heavy atom. The molecule has 36 heavy (non-hydrogen) atoms. The summed E-state index contributed by atoms with van der Waals surface area (Å²) < 4.78 is 5.57. The number of allylic oxidation sites excluding steroid dienone is 1. The lowest BCUT2D eigenvalue weighted by molar-refractivity contribution is -0.210. The summed E-state index contributed by atoms with van der Waals surface area (Å²) in [5, 5.41) is 32.6. The second-order valence-corrected chi connectivity index (χ2v) is 14.8. The van der Waals surface area contributed by atoms with Crippen molar-refractivity contribution in [3.63, 3.8) is 0 Å². The van der Waals surface area contributed by atoms with Gasteiger partial charge in [-0.1, -0.05) is 32.9 Å². The van der Waals surface area contributed by atoms with Gasteiger partial charge in [0.25, 0.3) is 0 Å². The van der Waals surface area contributed by atoms with Crippen molar-refractivity contribution >= 4 is 5.97 Å². The van der Waals surface area contributed by atoms with E-state index < -0.39 is 23.6 Å². The Kier molecular flexibility index (Phi) is 5.97. The summed E-state index contributed by atoms with van der Waals surface area (Å²) in [7, 11) is 1.76. The van der Waals surface area contributed by atoms with E-state index in [9.17, 15) is 20.1 Å². The van der Waals surface area contributed by atoms with E-state index in [0.717, 1.165) is 38.5 Å². The van der Waals surface area contributed by atoms with Crippen molar-refractivity contribution in [3.8, 4) is 0 Å². The van der Waals surface area contributed by atoms with Gasteiger partial charge < -0.3 is 20.1 Å². The highest BCUT2D eigenvalue weighted by Gasteiger charge is 2.85. The molecule has 0 aromatic heterocycles. The van der Waals surface area contributed by atoms with Crippen LogP contribution in [0, 0.1) is 50.7 Å². The maximum atomic E-state index is 12.5. The maximum Gasteiger partial charge on any atom is 0.312 e. The highest BCUT2D eigenvalue weighted by Crippen LogP contribution is 2.89. The van der Waals surface area contributed by atoms with Crippen LogP contribution in [-0.4, -0.2) is 46.2 Å². The first kappa shape index (κ1) is 26.7. The first-order valence-electron chi connectivity index (χ1n) is 14.5. The van der Waals surface area contributed by atoms with Crippen LogP contribution in [0.15, 0.2) is 12.2 Å². The number of carboxylic acid groups (broad SMARTS) is 1. The first-order chi connectivity index (χ1) is 16.7. The molecule has 0 aliphatic heterocycles. The Bertz CT molecular complexity index is 943. The van der Waals surface area contributed by atoms with Crippen LogP contribution in [0.2, 0.25) is 0 Å². The number of fused-ring (bicyclic) bond motifs is 2. The SMILES string of the molecule is COC(C)(C)C=CCC(C)C1CCC2(C)C3CCC4C(C)(C(=O)O)C(O)CC(O)C45CC35CCC12C. The van der Waals surface area contributed by atoms with Crippen LogP contribution in [0.25, 0.3) is 0 Å². The number of aliphatic hydroxyl groups excluding tert-OH is 2. The van der Waals surface area contributed by atoms with Crippen LogP contribution in [-0.2, 0) is 9.53 Å². The monoisotopic (exact) mass is 502 g/mol. The molecule has 11 unspecified atom stereocenters. The van der Waals surface area contributed by atoms with Crippen LogP contribution in [0.5, 0.6) is 0 Å². The second kappa shape index (κ2) is 8.05. The Labute approximate surface area is 218 Å². The number of methoxy groups -OCH3 is 1. The molecule has 3 N–H and O–H groups in total. The predicted molar refractivity (Wildman–Crippen MR) is 140 cm³/mol. The van der Waals surface area contributed by atoms with Gasteiger partial charge >= 0.3 is 5.97 Å². The fourth-order valence-electron chi connectivity index (χ4n) is 11.1. The largest absolute Gasteiger partial charge is 0.481 e. The molecule has 11 atom stereocenters. The zero-order valence-corrected chi connectivity index (χ0v) is 23.6. The van der Waals surface area contributed by atoms with Gasteiger partial charge in [0, 0.05) is 18.9 Å². The number of carboxylic acids is 1. The van der Waals surface area contributed by atoms with Gasteiger partial charge in [0.15, 0.2) is 0 Å². The molecule has 5 heteroatoms. The van der Waals surface area contributed by atoms with Crippen molar-refractivity contribution in [1.82, 2.24) is 0 Å². The van der Waals surface area contributed by atoms with Gasteiger partial charge in [-0.05, 0) is 112 Å². The molecule has 0 saturated heterocycles. The summed E-state index contributed by atoms with van der Waals surface area (Å²) in [6, 6.07) is 0. The van der Waals surface area contributed by atoms with Gasteiger partial charge in [0.1, 0.15) is 0 Å². The number of hydrogen-bond acceptors (Lipinski definition) is 4. The number of hydrogen-bond donors (Lipinski definition) is 3. The van der Waals surface area contributed by atoms with E-state index in [4.69, 9.17) is 4.74 Å². The van der Waals surface area contributed by atoms with Gasteiger partial charge in [-0.25, -0.2) is 0 Å². The lowest BCUT2D eigenvalue weighted by Crippen LogP contribution is -2.63. The Balaban J connectivity index is 1.42. The third-order valence-corrected chi connectivity index (χ3v) is 13.6. The number of aliphatic carboxylic acids is 1. The molecule has 5 fully saturated rings. The zero-order valence-electron chi connectivity index (χ0n) is 23.6. The first-order valence-corrected chi connectivity index (χ1v) is 14.5. The number of rotatable bonds is 6. The van der Waals surface area contributed by atoms with E-state index in [1.54, 1.807) is 14.0 Å². The molecule has 0 bridgehead atoms. The molecule has 0 amide bonds. The number of aliphatic hydroxyl groups is 2. The molecule has 2 spiro atoms. The summed E-state index contributed by atoms with van der Waals surface area (Å²) in [6.45, 7) is 13.5. The summed E-state index contributed by atoms with van der Waals surface area (Å²) >= 11 is 0. The second-order valence-electron chi connectivity index (χ2n) is 14.8. The molecule has 0 radical (unpaired) electrons. The highest BCUT2D eigenvalue weighted by atomic mass is 16.5. The van der Waals surface area contributed by atoms with Crippen molar-refractivity contribution in [3.05, 3.63) is 12.2 Å². The van der Waals surface area contributed by atoms with Crippen LogP contribution in [0.4, 0.5) is 0 Å². The van der Waals surface area contributed by atoms with Gasteiger partial charge in [-0.2, -0.15) is 0 Å². The fraction of sp³-hybridized carbons (Fsp3) is 0.903. The van der Waals surface area contributed by atoms with E-state index in [-0.39, 0.29) is 39.6 Å². The molecule has 204 valence electrons. The Hall–Kier alpha value is -0.910. The third kappa shape index (κ3) is 3.09. The molecule has 5 aliphatic rings. The topological polar surface area (TPSA) is 87.0 Å². The molecule has 5 aliphatic carbocycles. The van der Waals surface area contributed by atoms with Crippen molar-refractivity contribution in [2.24, 2.45) is 50.7 Å².